The first-order chi connectivity index (χ1) is 15.6. The predicted octanol–water partition coefficient (Wildman–Crippen LogP) is 5.48. The van der Waals surface area contributed by atoms with E-state index < -0.39 is 5.72 Å². The van der Waals surface area contributed by atoms with Gasteiger partial charge in [0.2, 0.25) is 0 Å². The van der Waals surface area contributed by atoms with Crippen LogP contribution in [0.4, 0.5) is 0 Å². The lowest BCUT2D eigenvalue weighted by Crippen LogP contribution is -2.35. The van der Waals surface area contributed by atoms with E-state index in [-0.39, 0.29) is 6.23 Å². The van der Waals surface area contributed by atoms with Gasteiger partial charge in [0.15, 0.2) is 6.29 Å². The molecule has 2 aromatic heterocycles. The standard InChI is InChI=1S/C27H27N3O2/c1-15-12-22-29-20-10-6-4-8-16(20)24-19(14-31)18(13-28-3)23-17-9-5-7-11-21(17)30(26(23)25(24)29)27(15,2)32-22/h4-6,8-10,14-15,22,28H,7,11-13H2,1-3H3. The highest BCUT2D eigenvalue weighted by Crippen LogP contribution is 2.55. The van der Waals surface area contributed by atoms with E-state index in [0.717, 1.165) is 58.5 Å². The van der Waals surface area contributed by atoms with E-state index in [0.29, 0.717) is 12.5 Å². The van der Waals surface area contributed by atoms with Crippen molar-refractivity contribution in [1.82, 2.24) is 14.5 Å². The molecule has 3 aliphatic rings. The highest BCUT2D eigenvalue weighted by molar-refractivity contribution is 6.25. The fraction of sp³-hybridized carbons (Fsp3) is 0.370. The Labute approximate surface area is 186 Å². The van der Waals surface area contributed by atoms with Crippen LogP contribution in [0.1, 0.15) is 60.1 Å². The molecule has 5 heteroatoms. The Morgan fingerprint density at radius 1 is 1.25 bits per heavy atom. The molecule has 4 heterocycles. The van der Waals surface area contributed by atoms with E-state index in [4.69, 9.17) is 4.74 Å². The van der Waals surface area contributed by atoms with E-state index in [1.54, 1.807) is 0 Å². The number of aldehydes is 1. The zero-order valence-corrected chi connectivity index (χ0v) is 18.7. The van der Waals surface area contributed by atoms with Crippen molar-refractivity contribution in [3.63, 3.8) is 0 Å². The minimum absolute atomic E-state index is 0.0371. The van der Waals surface area contributed by atoms with Crippen molar-refractivity contribution in [1.29, 1.82) is 0 Å². The molecule has 1 N–H and O–H groups in total. The molecule has 162 valence electrons. The van der Waals surface area contributed by atoms with Gasteiger partial charge < -0.3 is 19.2 Å². The van der Waals surface area contributed by atoms with E-state index in [1.807, 2.05) is 7.05 Å². The van der Waals surface area contributed by atoms with Crippen molar-refractivity contribution in [2.75, 3.05) is 7.05 Å². The Morgan fingerprint density at radius 3 is 2.91 bits per heavy atom. The quantitative estimate of drug-likeness (QED) is 0.442. The van der Waals surface area contributed by atoms with Crippen LogP contribution in [0.15, 0.2) is 30.3 Å². The van der Waals surface area contributed by atoms with E-state index in [2.05, 4.69) is 64.7 Å². The van der Waals surface area contributed by atoms with Gasteiger partial charge in [0, 0.05) is 45.4 Å². The van der Waals surface area contributed by atoms with Gasteiger partial charge in [-0.25, -0.2) is 0 Å². The molecule has 2 aliphatic heterocycles. The Balaban J connectivity index is 1.86. The lowest BCUT2D eigenvalue weighted by molar-refractivity contribution is -0.118. The zero-order chi connectivity index (χ0) is 21.8. The van der Waals surface area contributed by atoms with Crippen molar-refractivity contribution in [2.24, 2.45) is 5.92 Å². The van der Waals surface area contributed by atoms with Crippen LogP contribution >= 0.6 is 0 Å². The van der Waals surface area contributed by atoms with Crippen LogP contribution in [0.25, 0.3) is 38.8 Å². The number of para-hydroxylation sites is 1. The average Bonchev–Trinajstić information content (AvgIpc) is 3.39. The van der Waals surface area contributed by atoms with Crippen LogP contribution < -0.4 is 5.32 Å². The van der Waals surface area contributed by atoms with Gasteiger partial charge in [-0.05, 0) is 44.9 Å². The predicted molar refractivity (Wildman–Crippen MR) is 128 cm³/mol. The maximum Gasteiger partial charge on any atom is 0.151 e. The second-order valence-corrected chi connectivity index (χ2v) is 9.78. The van der Waals surface area contributed by atoms with Gasteiger partial charge in [-0.3, -0.25) is 4.79 Å². The Hall–Kier alpha value is -2.89. The molecule has 2 bridgehead atoms. The number of aromatic nitrogens is 2. The molecule has 1 saturated heterocycles. The summed E-state index contributed by atoms with van der Waals surface area (Å²) in [4.78, 5) is 12.7. The number of hydrogen-bond donors (Lipinski definition) is 1. The smallest absolute Gasteiger partial charge is 0.151 e. The maximum atomic E-state index is 12.7. The summed E-state index contributed by atoms with van der Waals surface area (Å²) in [6.45, 7) is 5.24. The van der Waals surface area contributed by atoms with Crippen molar-refractivity contribution in [3.8, 4) is 0 Å². The number of fused-ring (bicyclic) bond motifs is 10. The third-order valence-electron chi connectivity index (χ3n) is 8.22. The number of carbonyl (C=O) groups is 1. The molecule has 0 spiro atoms. The summed E-state index contributed by atoms with van der Waals surface area (Å²) >= 11 is 0. The number of allylic oxidation sites excluding steroid dienone is 1. The van der Waals surface area contributed by atoms with Crippen LogP contribution in [-0.4, -0.2) is 22.5 Å². The average molecular weight is 426 g/mol. The van der Waals surface area contributed by atoms with Crippen LogP contribution in [0.2, 0.25) is 0 Å². The molecule has 2 aromatic carbocycles. The topological polar surface area (TPSA) is 48.2 Å². The zero-order valence-electron chi connectivity index (χ0n) is 18.7. The third-order valence-corrected chi connectivity index (χ3v) is 8.22. The highest BCUT2D eigenvalue weighted by Gasteiger charge is 2.50. The molecule has 5 nitrogen and oxygen atoms in total. The molecule has 3 unspecified atom stereocenters. The summed E-state index contributed by atoms with van der Waals surface area (Å²) in [5.74, 6) is 0.376. The number of benzene rings is 2. The van der Waals surface area contributed by atoms with E-state index in [1.165, 1.54) is 22.2 Å². The van der Waals surface area contributed by atoms with Gasteiger partial charge in [-0.1, -0.05) is 37.3 Å². The fourth-order valence-corrected chi connectivity index (χ4v) is 6.74. The highest BCUT2D eigenvalue weighted by atomic mass is 16.5. The lowest BCUT2D eigenvalue weighted by atomic mass is 9.93. The normalized spacial score (nSPS) is 25.8. The summed E-state index contributed by atoms with van der Waals surface area (Å²) < 4.78 is 11.9. The monoisotopic (exact) mass is 425 g/mol. The first-order valence-corrected chi connectivity index (χ1v) is 11.7. The van der Waals surface area contributed by atoms with E-state index in [9.17, 15) is 4.79 Å². The molecule has 7 rings (SSSR count). The second kappa shape index (κ2) is 6.12. The fourth-order valence-electron chi connectivity index (χ4n) is 6.74. The molecule has 32 heavy (non-hydrogen) atoms. The molecule has 1 aliphatic carbocycles. The number of carbonyl (C=O) groups excluding carboxylic acids is 1. The van der Waals surface area contributed by atoms with Crippen LogP contribution in [0.5, 0.6) is 0 Å². The number of hydrogen-bond acceptors (Lipinski definition) is 3. The summed E-state index contributed by atoms with van der Waals surface area (Å²) in [6, 6.07) is 8.49. The Morgan fingerprint density at radius 2 is 2.09 bits per heavy atom. The third kappa shape index (κ3) is 1.96. The lowest BCUT2D eigenvalue weighted by Gasteiger charge is -2.33. The molecular formula is C27H27N3O2. The van der Waals surface area contributed by atoms with Gasteiger partial charge in [0.25, 0.3) is 0 Å². The SMILES string of the molecule is CNCc1c(C=O)c2c3ccccc3n3c2c2c1c1c(n2C2(C)OC3CC2C)CCC=C1. The van der Waals surface area contributed by atoms with Gasteiger partial charge >= 0.3 is 0 Å². The molecule has 0 saturated carbocycles. The second-order valence-electron chi connectivity index (χ2n) is 9.78. The molecular weight excluding hydrogens is 398 g/mol. The van der Waals surface area contributed by atoms with Crippen molar-refractivity contribution in [3.05, 3.63) is 52.7 Å². The van der Waals surface area contributed by atoms with Crippen LogP contribution in [0, 0.1) is 5.92 Å². The minimum Gasteiger partial charge on any atom is -0.332 e. The van der Waals surface area contributed by atoms with Gasteiger partial charge in [-0.2, -0.15) is 0 Å². The molecule has 3 atom stereocenters. The summed E-state index contributed by atoms with van der Waals surface area (Å²) in [7, 11) is 1.96. The number of rotatable bonds is 3. The van der Waals surface area contributed by atoms with E-state index >= 15 is 0 Å². The van der Waals surface area contributed by atoms with Crippen molar-refractivity contribution >= 4 is 45.1 Å². The van der Waals surface area contributed by atoms with Gasteiger partial charge in [0.05, 0.1) is 16.6 Å². The molecule has 0 amide bonds. The summed E-state index contributed by atoms with van der Waals surface area (Å²) in [5, 5.41) is 6.76. The molecule has 1 fully saturated rings. The molecule has 0 radical (unpaired) electrons. The number of ether oxygens (including phenoxy) is 1. The van der Waals surface area contributed by atoms with Gasteiger partial charge in [0.1, 0.15) is 12.0 Å². The van der Waals surface area contributed by atoms with Crippen LogP contribution in [-0.2, 0) is 23.4 Å². The Kier molecular flexibility index (Phi) is 3.57. The summed E-state index contributed by atoms with van der Waals surface area (Å²) in [5.41, 5.74) is 7.66. The largest absolute Gasteiger partial charge is 0.332 e. The first kappa shape index (κ1) is 18.7. The first-order valence-electron chi connectivity index (χ1n) is 11.7. The number of nitrogens with one attached hydrogen (secondary N) is 1. The van der Waals surface area contributed by atoms with Gasteiger partial charge in [-0.15, -0.1) is 0 Å². The van der Waals surface area contributed by atoms with Crippen LogP contribution in [0.3, 0.4) is 0 Å². The van der Waals surface area contributed by atoms with Crippen molar-refractivity contribution in [2.45, 2.75) is 51.6 Å². The minimum atomic E-state index is -0.408. The Bertz CT molecular complexity index is 1500. The maximum absolute atomic E-state index is 12.7. The summed E-state index contributed by atoms with van der Waals surface area (Å²) in [6.07, 6.45) is 8.56. The van der Waals surface area contributed by atoms with Crippen molar-refractivity contribution < 1.29 is 9.53 Å². The molecule has 4 aromatic rings. The number of nitrogens with zero attached hydrogens (tertiary/aromatic N) is 2.